The molecule has 1 unspecified atom stereocenters. The number of aryl methyl sites for hydroxylation is 1. The third-order valence-corrected chi connectivity index (χ3v) is 8.88. The third-order valence-electron chi connectivity index (χ3n) is 8.88. The highest BCUT2D eigenvalue weighted by Crippen LogP contribution is 2.37. The summed E-state index contributed by atoms with van der Waals surface area (Å²) in [5.74, 6) is 0.212. The number of nitrogens with one attached hydrogen (secondary N) is 2. The van der Waals surface area contributed by atoms with Crippen LogP contribution in [0, 0.1) is 6.92 Å². The first-order chi connectivity index (χ1) is 22.6. The summed E-state index contributed by atoms with van der Waals surface area (Å²) >= 11 is 0. The van der Waals surface area contributed by atoms with Gasteiger partial charge < -0.3 is 24.4 Å². The summed E-state index contributed by atoms with van der Waals surface area (Å²) in [4.78, 5) is 57.7. The number of nitrogens with zero attached hydrogens (tertiary/aromatic N) is 3. The van der Waals surface area contributed by atoms with Crippen LogP contribution in [-0.4, -0.2) is 97.9 Å². The minimum atomic E-state index is -1.02. The Morgan fingerprint density at radius 2 is 1.79 bits per heavy atom. The summed E-state index contributed by atoms with van der Waals surface area (Å²) in [5.41, 5.74) is 3.84. The van der Waals surface area contributed by atoms with Crippen LogP contribution in [0.15, 0.2) is 35.3 Å². The summed E-state index contributed by atoms with van der Waals surface area (Å²) in [5, 5.41) is 5.57. The number of carbonyl (C=O) groups excluding carboxylic acids is 4. The molecule has 0 radical (unpaired) electrons. The lowest BCUT2D eigenvalue weighted by Gasteiger charge is -2.33. The molecule has 5 rings (SSSR count). The number of amidine groups is 1. The molecule has 12 heteroatoms. The fourth-order valence-corrected chi connectivity index (χ4v) is 6.42. The number of benzene rings is 2. The van der Waals surface area contributed by atoms with Crippen LogP contribution in [0.5, 0.6) is 11.5 Å². The number of imide groups is 2. The highest BCUT2D eigenvalue weighted by molar-refractivity contribution is 6.24. The first kappa shape index (κ1) is 34.1. The zero-order valence-corrected chi connectivity index (χ0v) is 27.9. The van der Waals surface area contributed by atoms with E-state index in [1.54, 1.807) is 25.2 Å². The van der Waals surface area contributed by atoms with E-state index in [0.29, 0.717) is 19.1 Å². The highest BCUT2D eigenvalue weighted by atomic mass is 16.5. The normalized spacial score (nSPS) is 19.3. The fourth-order valence-electron chi connectivity index (χ4n) is 6.42. The van der Waals surface area contributed by atoms with Crippen molar-refractivity contribution in [3.8, 4) is 11.5 Å². The predicted molar refractivity (Wildman–Crippen MR) is 177 cm³/mol. The van der Waals surface area contributed by atoms with Crippen LogP contribution in [-0.2, 0) is 14.3 Å². The first-order valence-electron chi connectivity index (χ1n) is 16.4. The van der Waals surface area contributed by atoms with Gasteiger partial charge in [0.1, 0.15) is 24.1 Å². The lowest BCUT2D eigenvalue weighted by atomic mass is 9.86. The molecule has 0 bridgehead atoms. The van der Waals surface area contributed by atoms with Gasteiger partial charge in [-0.3, -0.25) is 34.4 Å². The van der Waals surface area contributed by atoms with E-state index in [0.717, 1.165) is 54.6 Å². The zero-order valence-electron chi connectivity index (χ0n) is 27.9. The van der Waals surface area contributed by atoms with Crippen LogP contribution >= 0.6 is 0 Å². The number of anilines is 1. The number of rotatable bonds is 12. The smallest absolute Gasteiger partial charge is 0.266 e. The van der Waals surface area contributed by atoms with E-state index < -0.39 is 29.7 Å². The maximum atomic E-state index is 13.2. The van der Waals surface area contributed by atoms with E-state index >= 15 is 0 Å². The van der Waals surface area contributed by atoms with Crippen LogP contribution in [0.4, 0.5) is 5.69 Å². The van der Waals surface area contributed by atoms with Crippen LogP contribution < -0.4 is 20.1 Å². The monoisotopic (exact) mass is 647 g/mol. The molecule has 1 atom stereocenters. The maximum absolute atomic E-state index is 13.2. The number of fused-ring (bicyclic) bond motifs is 1. The number of amides is 4. The molecule has 2 aromatic rings. The Morgan fingerprint density at radius 3 is 2.49 bits per heavy atom. The molecule has 2 fully saturated rings. The minimum Gasteiger partial charge on any atom is -0.490 e. The Hall–Kier alpha value is -4.29. The van der Waals surface area contributed by atoms with E-state index in [4.69, 9.17) is 14.2 Å². The number of piperidine rings is 2. The van der Waals surface area contributed by atoms with Crippen molar-refractivity contribution in [1.29, 1.82) is 0 Å². The van der Waals surface area contributed by atoms with Crippen molar-refractivity contribution < 1.29 is 33.4 Å². The number of aliphatic imine (C=N–C) groups is 1. The van der Waals surface area contributed by atoms with Crippen molar-refractivity contribution in [2.75, 3.05) is 51.8 Å². The van der Waals surface area contributed by atoms with Gasteiger partial charge in [-0.15, -0.1) is 0 Å². The molecule has 2 aromatic carbocycles. The quantitative estimate of drug-likeness (QED) is 0.152. The molecule has 2 N–H and O–H groups in total. The van der Waals surface area contributed by atoms with Gasteiger partial charge in [0.05, 0.1) is 42.0 Å². The average Bonchev–Trinajstić information content (AvgIpc) is 3.29. The molecule has 3 aliphatic heterocycles. The van der Waals surface area contributed by atoms with Gasteiger partial charge in [0.15, 0.2) is 0 Å². The Kier molecular flexibility index (Phi) is 10.9. The van der Waals surface area contributed by atoms with Gasteiger partial charge in [-0.05, 0) is 101 Å². The largest absolute Gasteiger partial charge is 0.490 e. The third kappa shape index (κ3) is 7.82. The van der Waals surface area contributed by atoms with Gasteiger partial charge in [0, 0.05) is 20.0 Å². The van der Waals surface area contributed by atoms with Gasteiger partial charge in [0.25, 0.3) is 11.8 Å². The second-order valence-electron chi connectivity index (χ2n) is 12.5. The molecule has 3 heterocycles. The molecule has 0 saturated carbocycles. The molecule has 4 amide bonds. The maximum Gasteiger partial charge on any atom is 0.266 e. The summed E-state index contributed by atoms with van der Waals surface area (Å²) in [6, 6.07) is 8.16. The molecule has 2 saturated heterocycles. The van der Waals surface area contributed by atoms with Gasteiger partial charge in [-0.25, -0.2) is 0 Å². The zero-order chi connectivity index (χ0) is 33.7. The lowest BCUT2D eigenvalue weighted by Crippen LogP contribution is -2.54. The van der Waals surface area contributed by atoms with Crippen molar-refractivity contribution in [3.05, 3.63) is 52.6 Å². The summed E-state index contributed by atoms with van der Waals surface area (Å²) in [6.45, 7) is 12.0. The van der Waals surface area contributed by atoms with Crippen LogP contribution in [0.1, 0.15) is 84.2 Å². The topological polar surface area (TPSA) is 139 Å². The molecule has 0 aliphatic carbocycles. The highest BCUT2D eigenvalue weighted by Gasteiger charge is 2.46. The number of likely N-dealkylation sites (tertiary alicyclic amines) is 1. The summed E-state index contributed by atoms with van der Waals surface area (Å²) in [6.07, 6.45) is 2.33. The van der Waals surface area contributed by atoms with Crippen LogP contribution in [0.25, 0.3) is 0 Å². The van der Waals surface area contributed by atoms with Crippen LogP contribution in [0.3, 0.4) is 0 Å². The van der Waals surface area contributed by atoms with Gasteiger partial charge in [-0.2, -0.15) is 0 Å². The van der Waals surface area contributed by atoms with Gasteiger partial charge >= 0.3 is 0 Å². The fraction of sp³-hybridized carbons (Fsp3) is 0.514. The number of hydrogen-bond acceptors (Lipinski definition) is 9. The molecule has 0 aromatic heterocycles. The Labute approximate surface area is 275 Å². The average molecular weight is 648 g/mol. The molecule has 3 aliphatic rings. The summed E-state index contributed by atoms with van der Waals surface area (Å²) < 4.78 is 17.9. The van der Waals surface area contributed by atoms with E-state index in [9.17, 15) is 19.2 Å². The SMILES string of the molecule is C/N=C(\C)Nc1cc(C)c(C2CCN(CCOCCOc3cccc4c3C(=O)N(C3CCC(=O)NC3=O)C4=O)CC2)cc1OC(C)C. The molecule has 12 nitrogen and oxygen atoms in total. The molecule has 47 heavy (non-hydrogen) atoms. The van der Waals surface area contributed by atoms with Gasteiger partial charge in [-0.1, -0.05) is 6.07 Å². The van der Waals surface area contributed by atoms with Crippen molar-refractivity contribution in [2.45, 2.75) is 71.4 Å². The van der Waals surface area contributed by atoms with E-state index in [1.807, 2.05) is 20.8 Å². The van der Waals surface area contributed by atoms with E-state index in [2.05, 4.69) is 39.6 Å². The molecular formula is C35H45N5O7. The second-order valence-corrected chi connectivity index (χ2v) is 12.5. The number of hydrogen-bond donors (Lipinski definition) is 2. The Balaban J connectivity index is 1.07. The van der Waals surface area contributed by atoms with E-state index in [-0.39, 0.29) is 42.4 Å². The standard InChI is InChI=1S/C35H45N5O7/c1-21(2)47-30-20-26(22(3)19-27(30)37-23(4)36-5)24-11-13-39(14-12-24)15-16-45-17-18-46-29-8-6-7-25-32(29)35(44)40(34(25)43)28-9-10-31(41)38-33(28)42/h6-8,19-21,24,28H,9-18H2,1-5H3,(H,36,37)(H,38,41,42). The second kappa shape index (κ2) is 15.1. The van der Waals surface area contributed by atoms with Crippen molar-refractivity contribution in [2.24, 2.45) is 4.99 Å². The van der Waals surface area contributed by atoms with E-state index in [1.165, 1.54) is 11.1 Å². The Bertz CT molecular complexity index is 1550. The van der Waals surface area contributed by atoms with Crippen molar-refractivity contribution in [3.63, 3.8) is 0 Å². The van der Waals surface area contributed by atoms with Gasteiger partial charge in [0.2, 0.25) is 11.8 Å². The van der Waals surface area contributed by atoms with Crippen molar-refractivity contribution in [1.82, 2.24) is 15.1 Å². The predicted octanol–water partition coefficient (Wildman–Crippen LogP) is 3.92. The minimum absolute atomic E-state index is 0.0627. The summed E-state index contributed by atoms with van der Waals surface area (Å²) in [7, 11) is 1.77. The van der Waals surface area contributed by atoms with Crippen molar-refractivity contribution >= 4 is 35.2 Å². The number of ether oxygens (including phenoxy) is 3. The first-order valence-corrected chi connectivity index (χ1v) is 16.4. The van der Waals surface area contributed by atoms with Crippen LogP contribution in [0.2, 0.25) is 0 Å². The Morgan fingerprint density at radius 1 is 1.02 bits per heavy atom. The lowest BCUT2D eigenvalue weighted by molar-refractivity contribution is -0.136. The molecule has 0 spiro atoms. The molecule has 252 valence electrons. The number of carbonyl (C=O) groups is 4. The molecular weight excluding hydrogens is 602 g/mol.